The van der Waals surface area contributed by atoms with Crippen LogP contribution in [0.1, 0.15) is 21.5 Å². The zero-order valence-corrected chi connectivity index (χ0v) is 11.2. The van der Waals surface area contributed by atoms with Crippen LogP contribution in [0.15, 0.2) is 18.2 Å². The molecule has 0 N–H and O–H groups in total. The van der Waals surface area contributed by atoms with Crippen LogP contribution >= 0.6 is 38.5 Å². The van der Waals surface area contributed by atoms with E-state index in [4.69, 9.17) is 0 Å². The SMILES string of the molecule is Cc1cccc(C)c1C(=O)C(Br)I. The van der Waals surface area contributed by atoms with Crippen LogP contribution < -0.4 is 0 Å². The Morgan fingerprint density at radius 2 is 1.85 bits per heavy atom. The maximum absolute atomic E-state index is 11.7. The maximum Gasteiger partial charge on any atom is 0.186 e. The quantitative estimate of drug-likeness (QED) is 0.451. The molecule has 1 rings (SSSR count). The Morgan fingerprint density at radius 1 is 1.38 bits per heavy atom. The highest BCUT2D eigenvalue weighted by molar-refractivity contribution is 14.1. The van der Waals surface area contributed by atoms with Crippen LogP contribution in [0.3, 0.4) is 0 Å². The number of hydrogen-bond acceptors (Lipinski definition) is 1. The van der Waals surface area contributed by atoms with Crippen molar-refractivity contribution in [3.8, 4) is 0 Å². The van der Waals surface area contributed by atoms with Gasteiger partial charge in [-0.3, -0.25) is 4.79 Å². The number of carbonyl (C=O) groups excluding carboxylic acids is 1. The van der Waals surface area contributed by atoms with Crippen molar-refractivity contribution in [3.05, 3.63) is 34.9 Å². The Labute approximate surface area is 100 Å². The first-order chi connectivity index (χ1) is 6.04. The number of benzene rings is 1. The van der Waals surface area contributed by atoms with Gasteiger partial charge < -0.3 is 0 Å². The molecule has 1 aromatic rings. The van der Waals surface area contributed by atoms with Gasteiger partial charge in [0.15, 0.2) is 5.78 Å². The molecule has 1 atom stereocenters. The lowest BCUT2D eigenvalue weighted by Gasteiger charge is -2.08. The fourth-order valence-electron chi connectivity index (χ4n) is 1.31. The molecule has 0 amide bonds. The van der Waals surface area contributed by atoms with Crippen LogP contribution in [0.5, 0.6) is 0 Å². The molecule has 0 aliphatic carbocycles. The molecule has 1 aromatic carbocycles. The van der Waals surface area contributed by atoms with Crippen LogP contribution in [-0.2, 0) is 0 Å². The van der Waals surface area contributed by atoms with E-state index in [1.807, 2.05) is 32.0 Å². The number of alkyl halides is 2. The molecule has 0 aliphatic heterocycles. The maximum atomic E-state index is 11.7. The summed E-state index contributed by atoms with van der Waals surface area (Å²) in [5.74, 6) is 0.149. The van der Waals surface area contributed by atoms with E-state index in [0.717, 1.165) is 16.7 Å². The van der Waals surface area contributed by atoms with Crippen molar-refractivity contribution in [1.29, 1.82) is 0 Å². The third kappa shape index (κ3) is 2.53. The summed E-state index contributed by atoms with van der Waals surface area (Å²) < 4.78 is -0.134. The minimum Gasteiger partial charge on any atom is -0.292 e. The molecule has 3 heteroatoms. The van der Waals surface area contributed by atoms with Gasteiger partial charge in [-0.25, -0.2) is 0 Å². The zero-order valence-electron chi connectivity index (χ0n) is 7.47. The van der Waals surface area contributed by atoms with Crippen LogP contribution in [0.4, 0.5) is 0 Å². The highest BCUT2D eigenvalue weighted by atomic mass is 127. The predicted molar refractivity (Wildman–Crippen MR) is 67.0 cm³/mol. The summed E-state index contributed by atoms with van der Waals surface area (Å²) in [6, 6.07) is 5.90. The summed E-state index contributed by atoms with van der Waals surface area (Å²) in [7, 11) is 0. The van der Waals surface area contributed by atoms with Crippen molar-refractivity contribution < 1.29 is 4.79 Å². The molecule has 0 heterocycles. The van der Waals surface area contributed by atoms with E-state index in [2.05, 4.69) is 38.5 Å². The van der Waals surface area contributed by atoms with E-state index < -0.39 is 0 Å². The Balaban J connectivity index is 3.20. The Hall–Kier alpha value is 0.1000. The second-order valence-electron chi connectivity index (χ2n) is 2.93. The Morgan fingerprint density at radius 3 is 2.23 bits per heavy atom. The molecule has 0 aliphatic rings. The first kappa shape index (κ1) is 11.2. The van der Waals surface area contributed by atoms with Crippen LogP contribution in [0.2, 0.25) is 0 Å². The van der Waals surface area contributed by atoms with Gasteiger partial charge in [-0.2, -0.15) is 0 Å². The fraction of sp³-hybridized carbons (Fsp3) is 0.300. The molecular formula is C10H10BrIO. The van der Waals surface area contributed by atoms with Crippen molar-refractivity contribution in [2.75, 3.05) is 0 Å². The lowest BCUT2D eigenvalue weighted by Crippen LogP contribution is -2.10. The van der Waals surface area contributed by atoms with Gasteiger partial charge in [-0.05, 0) is 25.0 Å². The normalized spacial score (nSPS) is 12.6. The number of aryl methyl sites for hydroxylation is 2. The van der Waals surface area contributed by atoms with Gasteiger partial charge in [0, 0.05) is 5.56 Å². The number of ketones is 1. The molecule has 0 radical (unpaired) electrons. The Kier molecular flexibility index (Phi) is 3.91. The van der Waals surface area contributed by atoms with Crippen LogP contribution in [-0.4, -0.2) is 8.62 Å². The highest BCUT2D eigenvalue weighted by Crippen LogP contribution is 2.21. The molecule has 1 nitrogen and oxygen atoms in total. The van der Waals surface area contributed by atoms with E-state index in [0.29, 0.717) is 0 Å². The summed E-state index contributed by atoms with van der Waals surface area (Å²) in [5, 5.41) is 0. The van der Waals surface area contributed by atoms with Gasteiger partial charge in [-0.1, -0.05) is 56.7 Å². The zero-order chi connectivity index (χ0) is 10.0. The topological polar surface area (TPSA) is 17.1 Å². The summed E-state index contributed by atoms with van der Waals surface area (Å²) in [6.07, 6.45) is 0. The van der Waals surface area contributed by atoms with E-state index in [-0.39, 0.29) is 8.62 Å². The van der Waals surface area contributed by atoms with E-state index in [1.54, 1.807) is 0 Å². The number of rotatable bonds is 2. The molecule has 0 spiro atoms. The highest BCUT2D eigenvalue weighted by Gasteiger charge is 2.17. The van der Waals surface area contributed by atoms with E-state index in [1.165, 1.54) is 0 Å². The molecule has 0 bridgehead atoms. The van der Waals surface area contributed by atoms with Crippen molar-refractivity contribution in [3.63, 3.8) is 0 Å². The first-order valence-electron chi connectivity index (χ1n) is 3.92. The standard InChI is InChI=1S/C10H10BrIO/c1-6-4-3-5-7(2)8(6)9(13)10(11)12/h3-5,10H,1-2H3. The van der Waals surface area contributed by atoms with Crippen molar-refractivity contribution >= 4 is 44.3 Å². The average molecular weight is 353 g/mol. The largest absolute Gasteiger partial charge is 0.292 e. The Bertz CT molecular complexity index is 313. The predicted octanol–water partition coefficient (Wildman–Crippen LogP) is 3.64. The molecule has 0 saturated heterocycles. The lowest BCUT2D eigenvalue weighted by atomic mass is 10.0. The van der Waals surface area contributed by atoms with Gasteiger partial charge in [0.1, 0.15) is 2.83 Å². The first-order valence-corrected chi connectivity index (χ1v) is 6.08. The van der Waals surface area contributed by atoms with Crippen LogP contribution in [0, 0.1) is 13.8 Å². The smallest absolute Gasteiger partial charge is 0.186 e. The van der Waals surface area contributed by atoms with Crippen molar-refractivity contribution in [1.82, 2.24) is 0 Å². The molecule has 70 valence electrons. The average Bonchev–Trinajstić information content (AvgIpc) is 2.03. The van der Waals surface area contributed by atoms with E-state index >= 15 is 0 Å². The number of Topliss-reactive ketones (excluding diaryl/α,β-unsaturated/α-hetero) is 1. The van der Waals surface area contributed by atoms with Gasteiger partial charge in [0.05, 0.1) is 0 Å². The van der Waals surface area contributed by atoms with Gasteiger partial charge >= 0.3 is 0 Å². The molecule has 1 unspecified atom stereocenters. The molecule has 0 fully saturated rings. The van der Waals surface area contributed by atoms with Crippen molar-refractivity contribution in [2.24, 2.45) is 0 Å². The monoisotopic (exact) mass is 352 g/mol. The fourth-order valence-corrected chi connectivity index (χ4v) is 1.85. The van der Waals surface area contributed by atoms with Gasteiger partial charge in [-0.15, -0.1) is 0 Å². The third-order valence-corrected chi connectivity index (χ3v) is 2.91. The minimum absolute atomic E-state index is 0.134. The van der Waals surface area contributed by atoms with Crippen LogP contribution in [0.25, 0.3) is 0 Å². The lowest BCUT2D eigenvalue weighted by molar-refractivity contribution is 0.101. The minimum atomic E-state index is -0.134. The number of halogens is 2. The summed E-state index contributed by atoms with van der Waals surface area (Å²) in [6.45, 7) is 3.93. The molecule has 0 aromatic heterocycles. The third-order valence-electron chi connectivity index (χ3n) is 1.93. The van der Waals surface area contributed by atoms with Gasteiger partial charge in [0.25, 0.3) is 0 Å². The van der Waals surface area contributed by atoms with Gasteiger partial charge in [0.2, 0.25) is 0 Å². The summed E-state index contributed by atoms with van der Waals surface area (Å²) in [5.41, 5.74) is 2.94. The summed E-state index contributed by atoms with van der Waals surface area (Å²) in [4.78, 5) is 11.7. The number of carbonyl (C=O) groups is 1. The summed E-state index contributed by atoms with van der Waals surface area (Å²) >= 11 is 5.35. The molecule has 0 saturated carbocycles. The number of hydrogen-bond donors (Lipinski definition) is 0. The molecular weight excluding hydrogens is 343 g/mol. The second-order valence-corrected chi connectivity index (χ2v) is 6.80. The second kappa shape index (κ2) is 4.55. The molecule has 13 heavy (non-hydrogen) atoms. The van der Waals surface area contributed by atoms with E-state index in [9.17, 15) is 4.79 Å². The van der Waals surface area contributed by atoms with Crippen molar-refractivity contribution in [2.45, 2.75) is 16.7 Å².